The zero-order chi connectivity index (χ0) is 15.4. The van der Waals surface area contributed by atoms with E-state index < -0.39 is 0 Å². The van der Waals surface area contributed by atoms with Crippen molar-refractivity contribution in [2.24, 2.45) is 7.05 Å². The van der Waals surface area contributed by atoms with E-state index in [1.54, 1.807) is 5.56 Å². The second kappa shape index (κ2) is 4.70. The molecule has 0 aliphatic carbocycles. The van der Waals surface area contributed by atoms with Crippen LogP contribution in [-0.2, 0) is 20.0 Å². The van der Waals surface area contributed by atoms with Gasteiger partial charge in [0.1, 0.15) is 0 Å². The lowest BCUT2D eigenvalue weighted by Gasteiger charge is -2.08. The van der Waals surface area contributed by atoms with Crippen molar-refractivity contribution in [3.05, 3.63) is 53.1 Å². The van der Waals surface area contributed by atoms with Crippen LogP contribution in [-0.4, -0.2) is 4.57 Å². The molecule has 0 saturated heterocycles. The van der Waals surface area contributed by atoms with E-state index in [1.165, 1.54) is 40.0 Å². The summed E-state index contributed by atoms with van der Waals surface area (Å²) in [6.45, 7) is 7.90. The molecular weight excluding hydrogens is 268 g/mol. The van der Waals surface area contributed by atoms with Crippen LogP contribution in [0.3, 0.4) is 0 Å². The molecule has 112 valence electrons. The van der Waals surface area contributed by atoms with Crippen LogP contribution in [0.15, 0.2) is 36.4 Å². The highest BCUT2D eigenvalue weighted by atomic mass is 15.2. The lowest BCUT2D eigenvalue weighted by Crippen LogP contribution is -2.33. The topological polar surface area (TPSA) is 8.81 Å². The molecule has 3 aromatic rings. The largest absolute Gasteiger partial charge is 0.289 e. The number of hydrogen-bond acceptors (Lipinski definition) is 0. The Bertz CT molecular complexity index is 884. The molecule has 0 fully saturated rings. The third kappa shape index (κ3) is 1.70. The van der Waals surface area contributed by atoms with E-state index in [0.717, 1.165) is 6.54 Å². The summed E-state index contributed by atoms with van der Waals surface area (Å²) in [5, 5.41) is 0. The van der Waals surface area contributed by atoms with Crippen LogP contribution in [0.2, 0.25) is 0 Å². The van der Waals surface area contributed by atoms with Gasteiger partial charge < -0.3 is 0 Å². The standard InChI is InChI=1S/C20H23N2/c1-13(2)15-9-10-18-19-17(15)11-12-22(19)20(21(18)4)16-8-6-5-7-14(16)3/h5-10,13H,11-12H2,1-4H3/q+1. The van der Waals surface area contributed by atoms with Crippen molar-refractivity contribution in [3.8, 4) is 11.4 Å². The molecule has 2 nitrogen and oxygen atoms in total. The van der Waals surface area contributed by atoms with Gasteiger partial charge in [-0.2, -0.15) is 0 Å². The maximum atomic E-state index is 2.53. The van der Waals surface area contributed by atoms with E-state index in [0.29, 0.717) is 5.92 Å². The SMILES string of the molecule is Cc1ccccc1-c1n(C)c2ccc(C(C)C)c3c2[n+]1CC3. The third-order valence-corrected chi connectivity index (χ3v) is 5.10. The molecule has 2 heteroatoms. The summed E-state index contributed by atoms with van der Waals surface area (Å²) in [6, 6.07) is 13.3. The minimum atomic E-state index is 0.591. The molecule has 1 aliphatic rings. The first-order valence-electron chi connectivity index (χ1n) is 8.19. The quantitative estimate of drug-likeness (QED) is 0.628. The van der Waals surface area contributed by atoms with Crippen molar-refractivity contribution in [2.75, 3.05) is 0 Å². The van der Waals surface area contributed by atoms with Gasteiger partial charge in [-0.05, 0) is 36.1 Å². The molecule has 22 heavy (non-hydrogen) atoms. The first kappa shape index (κ1) is 13.6. The Kier molecular flexibility index (Phi) is 2.90. The highest BCUT2D eigenvalue weighted by molar-refractivity contribution is 5.81. The van der Waals surface area contributed by atoms with Gasteiger partial charge in [-0.25, -0.2) is 9.13 Å². The first-order valence-corrected chi connectivity index (χ1v) is 8.19. The van der Waals surface area contributed by atoms with Crippen LogP contribution < -0.4 is 4.57 Å². The van der Waals surface area contributed by atoms with E-state index in [9.17, 15) is 0 Å². The lowest BCUT2D eigenvalue weighted by molar-refractivity contribution is -0.653. The Labute approximate surface area is 132 Å². The summed E-state index contributed by atoms with van der Waals surface area (Å²) < 4.78 is 4.89. The summed E-state index contributed by atoms with van der Waals surface area (Å²) in [5.74, 6) is 1.93. The summed E-state index contributed by atoms with van der Waals surface area (Å²) in [5.41, 5.74) is 8.57. The number of benzene rings is 2. The van der Waals surface area contributed by atoms with E-state index in [1.807, 2.05) is 0 Å². The molecule has 0 N–H and O–H groups in total. The maximum Gasteiger partial charge on any atom is 0.289 e. The predicted octanol–water partition coefficient (Wildman–Crippen LogP) is 4.12. The fourth-order valence-corrected chi connectivity index (χ4v) is 4.01. The molecule has 0 saturated carbocycles. The van der Waals surface area contributed by atoms with Gasteiger partial charge in [-0.1, -0.05) is 38.1 Å². The molecule has 0 unspecified atom stereocenters. The van der Waals surface area contributed by atoms with Gasteiger partial charge in [-0.15, -0.1) is 0 Å². The van der Waals surface area contributed by atoms with E-state index in [2.05, 4.69) is 73.4 Å². The second-order valence-electron chi connectivity index (χ2n) is 6.75. The molecule has 0 spiro atoms. The monoisotopic (exact) mass is 291 g/mol. The predicted molar refractivity (Wildman–Crippen MR) is 91.1 cm³/mol. The Morgan fingerprint density at radius 1 is 1.09 bits per heavy atom. The van der Waals surface area contributed by atoms with Gasteiger partial charge >= 0.3 is 0 Å². The van der Waals surface area contributed by atoms with Crippen LogP contribution in [0.1, 0.15) is 36.5 Å². The Hall–Kier alpha value is -2.09. The van der Waals surface area contributed by atoms with Gasteiger partial charge in [0.05, 0.1) is 19.2 Å². The zero-order valence-electron chi connectivity index (χ0n) is 13.9. The van der Waals surface area contributed by atoms with Crippen LogP contribution in [0.5, 0.6) is 0 Å². The fourth-order valence-electron chi connectivity index (χ4n) is 4.01. The highest BCUT2D eigenvalue weighted by Gasteiger charge is 2.32. The minimum Gasteiger partial charge on any atom is -0.226 e. The average molecular weight is 291 g/mol. The van der Waals surface area contributed by atoms with Gasteiger partial charge in [0.25, 0.3) is 5.82 Å². The summed E-state index contributed by atoms with van der Waals surface area (Å²) in [7, 11) is 2.20. The number of aryl methyl sites for hydroxylation is 4. The second-order valence-corrected chi connectivity index (χ2v) is 6.75. The maximum absolute atomic E-state index is 2.53. The molecule has 1 aromatic heterocycles. The van der Waals surface area contributed by atoms with Crippen molar-refractivity contribution in [2.45, 2.75) is 39.7 Å². The molecule has 0 bridgehead atoms. The molecule has 2 heterocycles. The van der Waals surface area contributed by atoms with E-state index >= 15 is 0 Å². The third-order valence-electron chi connectivity index (χ3n) is 5.10. The number of aromatic nitrogens is 2. The molecule has 2 aromatic carbocycles. The van der Waals surface area contributed by atoms with Crippen LogP contribution in [0.4, 0.5) is 0 Å². The summed E-state index contributed by atoms with van der Waals surface area (Å²) in [6.07, 6.45) is 1.17. The van der Waals surface area contributed by atoms with Gasteiger partial charge in [0.15, 0.2) is 11.0 Å². The Morgan fingerprint density at radius 3 is 2.59 bits per heavy atom. The van der Waals surface area contributed by atoms with Crippen LogP contribution >= 0.6 is 0 Å². The van der Waals surface area contributed by atoms with Crippen molar-refractivity contribution in [1.29, 1.82) is 0 Å². The first-order chi connectivity index (χ1) is 10.6. The normalized spacial score (nSPS) is 13.5. The Balaban J connectivity index is 2.08. The Morgan fingerprint density at radius 2 is 1.86 bits per heavy atom. The van der Waals surface area contributed by atoms with E-state index in [4.69, 9.17) is 0 Å². The van der Waals surface area contributed by atoms with Crippen LogP contribution in [0.25, 0.3) is 22.4 Å². The zero-order valence-corrected chi connectivity index (χ0v) is 13.9. The molecule has 0 radical (unpaired) electrons. The summed E-state index contributed by atoms with van der Waals surface area (Å²) in [4.78, 5) is 0. The molecule has 0 atom stereocenters. The van der Waals surface area contributed by atoms with Gasteiger partial charge in [0.2, 0.25) is 0 Å². The number of hydrogen-bond donors (Lipinski definition) is 0. The average Bonchev–Trinajstić information content (AvgIpc) is 3.04. The van der Waals surface area contributed by atoms with E-state index in [-0.39, 0.29) is 0 Å². The van der Waals surface area contributed by atoms with Crippen molar-refractivity contribution in [1.82, 2.24) is 4.57 Å². The molecule has 4 rings (SSSR count). The van der Waals surface area contributed by atoms with Crippen LogP contribution in [0, 0.1) is 6.92 Å². The molecule has 1 aliphatic heterocycles. The van der Waals surface area contributed by atoms with Gasteiger partial charge in [0, 0.05) is 12.0 Å². The number of rotatable bonds is 2. The van der Waals surface area contributed by atoms with Crippen molar-refractivity contribution < 1.29 is 4.57 Å². The summed E-state index contributed by atoms with van der Waals surface area (Å²) >= 11 is 0. The molecule has 0 amide bonds. The molecular formula is C20H23N2+. The van der Waals surface area contributed by atoms with Crippen molar-refractivity contribution >= 4 is 11.0 Å². The number of nitrogens with zero attached hydrogens (tertiary/aromatic N) is 2. The van der Waals surface area contributed by atoms with Crippen molar-refractivity contribution in [3.63, 3.8) is 0 Å². The number of imidazole rings is 1. The fraction of sp³-hybridized carbons (Fsp3) is 0.350. The lowest BCUT2D eigenvalue weighted by atomic mass is 9.95. The minimum absolute atomic E-state index is 0.591. The smallest absolute Gasteiger partial charge is 0.226 e. The highest BCUT2D eigenvalue weighted by Crippen LogP contribution is 2.33. The van der Waals surface area contributed by atoms with Gasteiger partial charge in [-0.3, -0.25) is 0 Å².